The summed E-state index contributed by atoms with van der Waals surface area (Å²) in [7, 11) is 2.22. The molecule has 1 saturated heterocycles. The van der Waals surface area contributed by atoms with Gasteiger partial charge in [0.05, 0.1) is 0 Å². The van der Waals surface area contributed by atoms with Crippen molar-refractivity contribution in [3.63, 3.8) is 0 Å². The van der Waals surface area contributed by atoms with Gasteiger partial charge in [-0.3, -0.25) is 4.90 Å². The third-order valence-corrected chi connectivity index (χ3v) is 4.98. The first-order valence-corrected chi connectivity index (χ1v) is 7.81. The summed E-state index contributed by atoms with van der Waals surface area (Å²) in [6.07, 6.45) is 1.30. The van der Waals surface area contributed by atoms with Crippen molar-refractivity contribution in [2.45, 2.75) is 32.9 Å². The molecule has 0 radical (unpaired) electrons. The Hall–Kier alpha value is -1.06. The molecule has 110 valence electrons. The zero-order chi connectivity index (χ0) is 14.2. The minimum Gasteiger partial charge on any atom is -0.373 e. The Balaban J connectivity index is 1.81. The fourth-order valence-electron chi connectivity index (χ4n) is 3.71. The molecule has 2 aliphatic rings. The van der Waals surface area contributed by atoms with E-state index in [0.717, 1.165) is 19.6 Å². The first-order valence-electron chi connectivity index (χ1n) is 7.81. The number of benzene rings is 1. The molecule has 0 aliphatic carbocycles. The number of anilines is 1. The predicted molar refractivity (Wildman–Crippen MR) is 85.2 cm³/mol. The Labute approximate surface area is 123 Å². The molecule has 3 nitrogen and oxygen atoms in total. The summed E-state index contributed by atoms with van der Waals surface area (Å²) in [6.45, 7) is 10.5. The molecule has 1 fully saturated rings. The van der Waals surface area contributed by atoms with Crippen molar-refractivity contribution >= 4 is 5.69 Å². The fourth-order valence-corrected chi connectivity index (χ4v) is 3.71. The van der Waals surface area contributed by atoms with Crippen molar-refractivity contribution in [1.82, 2.24) is 10.2 Å². The summed E-state index contributed by atoms with van der Waals surface area (Å²) in [5.74, 6) is 0. The van der Waals surface area contributed by atoms with Crippen LogP contribution in [0.4, 0.5) is 5.69 Å². The van der Waals surface area contributed by atoms with Crippen LogP contribution in [0.25, 0.3) is 0 Å². The first-order chi connectivity index (χ1) is 9.57. The standard InChI is InChI=1S/C17H27N3/c1-14-10-19(3)16-7-5-4-6-15(16)11-20(14)13-17(2)8-9-18-12-17/h4-7,14,18H,8-13H2,1-3H3. The maximum Gasteiger partial charge on any atom is 0.0409 e. The Morgan fingerprint density at radius 1 is 1.35 bits per heavy atom. The maximum atomic E-state index is 3.52. The van der Waals surface area contributed by atoms with Crippen LogP contribution in [0.1, 0.15) is 25.8 Å². The van der Waals surface area contributed by atoms with E-state index in [4.69, 9.17) is 0 Å². The summed E-state index contributed by atoms with van der Waals surface area (Å²) < 4.78 is 0. The second-order valence-corrected chi connectivity index (χ2v) is 7.00. The summed E-state index contributed by atoms with van der Waals surface area (Å²) in [4.78, 5) is 5.09. The summed E-state index contributed by atoms with van der Waals surface area (Å²) in [5.41, 5.74) is 3.30. The zero-order valence-electron chi connectivity index (χ0n) is 13.0. The van der Waals surface area contributed by atoms with Crippen LogP contribution in [0.5, 0.6) is 0 Å². The van der Waals surface area contributed by atoms with E-state index in [1.54, 1.807) is 0 Å². The van der Waals surface area contributed by atoms with Crippen molar-refractivity contribution in [3.05, 3.63) is 29.8 Å². The van der Waals surface area contributed by atoms with Crippen LogP contribution in [0.3, 0.4) is 0 Å². The number of nitrogens with zero attached hydrogens (tertiary/aromatic N) is 2. The number of likely N-dealkylation sites (N-methyl/N-ethyl adjacent to an activating group) is 1. The van der Waals surface area contributed by atoms with E-state index >= 15 is 0 Å². The summed E-state index contributed by atoms with van der Waals surface area (Å²) in [6, 6.07) is 9.46. The number of para-hydroxylation sites is 1. The third-order valence-electron chi connectivity index (χ3n) is 4.98. The van der Waals surface area contributed by atoms with Gasteiger partial charge in [-0.1, -0.05) is 25.1 Å². The SMILES string of the molecule is CC1CN(C)c2ccccc2CN1CC1(C)CCNC1. The highest BCUT2D eigenvalue weighted by Gasteiger charge is 2.33. The third kappa shape index (κ3) is 2.70. The first kappa shape index (κ1) is 13.9. The Bertz CT molecular complexity index is 465. The molecule has 0 bridgehead atoms. The molecule has 0 saturated carbocycles. The van der Waals surface area contributed by atoms with Crippen LogP contribution < -0.4 is 10.2 Å². The minimum atomic E-state index is 0.437. The van der Waals surface area contributed by atoms with E-state index in [-0.39, 0.29) is 0 Å². The van der Waals surface area contributed by atoms with Gasteiger partial charge in [0.1, 0.15) is 0 Å². The molecule has 0 spiro atoms. The lowest BCUT2D eigenvalue weighted by molar-refractivity contribution is 0.135. The van der Waals surface area contributed by atoms with Gasteiger partial charge in [-0.05, 0) is 36.9 Å². The highest BCUT2D eigenvalue weighted by atomic mass is 15.2. The van der Waals surface area contributed by atoms with Gasteiger partial charge in [0.25, 0.3) is 0 Å². The van der Waals surface area contributed by atoms with Gasteiger partial charge in [0.2, 0.25) is 0 Å². The van der Waals surface area contributed by atoms with Crippen molar-refractivity contribution in [2.24, 2.45) is 5.41 Å². The van der Waals surface area contributed by atoms with E-state index in [0.29, 0.717) is 11.5 Å². The number of hydrogen-bond acceptors (Lipinski definition) is 3. The zero-order valence-corrected chi connectivity index (χ0v) is 13.0. The Kier molecular flexibility index (Phi) is 3.74. The van der Waals surface area contributed by atoms with E-state index in [9.17, 15) is 0 Å². The van der Waals surface area contributed by atoms with E-state index in [2.05, 4.69) is 60.3 Å². The molecule has 1 N–H and O–H groups in total. The fraction of sp³-hybridized carbons (Fsp3) is 0.647. The molecule has 2 aliphatic heterocycles. The molecule has 2 atom stereocenters. The van der Waals surface area contributed by atoms with E-state index in [1.165, 1.54) is 30.8 Å². The minimum absolute atomic E-state index is 0.437. The predicted octanol–water partition coefficient (Wildman–Crippen LogP) is 2.33. The smallest absolute Gasteiger partial charge is 0.0409 e. The van der Waals surface area contributed by atoms with Gasteiger partial charge in [0.15, 0.2) is 0 Å². The lowest BCUT2D eigenvalue weighted by atomic mass is 9.88. The molecule has 3 heteroatoms. The summed E-state index contributed by atoms with van der Waals surface area (Å²) in [5, 5.41) is 3.52. The largest absolute Gasteiger partial charge is 0.373 e. The van der Waals surface area contributed by atoms with Crippen molar-refractivity contribution in [3.8, 4) is 0 Å². The molecule has 1 aromatic carbocycles. The van der Waals surface area contributed by atoms with Gasteiger partial charge in [-0.25, -0.2) is 0 Å². The average molecular weight is 273 g/mol. The van der Waals surface area contributed by atoms with Gasteiger partial charge in [0, 0.05) is 45.0 Å². The van der Waals surface area contributed by atoms with Crippen LogP contribution in [-0.2, 0) is 6.54 Å². The molecular weight excluding hydrogens is 246 g/mol. The van der Waals surface area contributed by atoms with Crippen molar-refractivity contribution in [1.29, 1.82) is 0 Å². The topological polar surface area (TPSA) is 18.5 Å². The van der Waals surface area contributed by atoms with Crippen LogP contribution >= 0.6 is 0 Å². The number of rotatable bonds is 2. The number of hydrogen-bond donors (Lipinski definition) is 1. The highest BCUT2D eigenvalue weighted by Crippen LogP contribution is 2.31. The van der Waals surface area contributed by atoms with Crippen LogP contribution in [0.15, 0.2) is 24.3 Å². The van der Waals surface area contributed by atoms with Crippen molar-refractivity contribution < 1.29 is 0 Å². The molecule has 3 rings (SSSR count). The normalized spacial score (nSPS) is 31.1. The molecule has 2 heterocycles. The average Bonchev–Trinajstić information content (AvgIpc) is 2.80. The number of nitrogens with one attached hydrogen (secondary N) is 1. The van der Waals surface area contributed by atoms with Crippen LogP contribution in [0, 0.1) is 5.41 Å². The van der Waals surface area contributed by atoms with E-state index < -0.39 is 0 Å². The quantitative estimate of drug-likeness (QED) is 0.892. The molecule has 1 aromatic rings. The highest BCUT2D eigenvalue weighted by molar-refractivity contribution is 5.53. The molecule has 0 aromatic heterocycles. The van der Waals surface area contributed by atoms with Crippen molar-refractivity contribution in [2.75, 3.05) is 38.1 Å². The van der Waals surface area contributed by atoms with Gasteiger partial charge < -0.3 is 10.2 Å². The maximum absolute atomic E-state index is 3.52. The Morgan fingerprint density at radius 2 is 2.15 bits per heavy atom. The molecular formula is C17H27N3. The lowest BCUT2D eigenvalue weighted by Gasteiger charge is -2.35. The van der Waals surface area contributed by atoms with Crippen LogP contribution in [0.2, 0.25) is 0 Å². The van der Waals surface area contributed by atoms with Gasteiger partial charge >= 0.3 is 0 Å². The lowest BCUT2D eigenvalue weighted by Crippen LogP contribution is -2.44. The summed E-state index contributed by atoms with van der Waals surface area (Å²) >= 11 is 0. The monoisotopic (exact) mass is 273 g/mol. The van der Waals surface area contributed by atoms with Crippen LogP contribution in [-0.4, -0.2) is 44.2 Å². The van der Waals surface area contributed by atoms with Gasteiger partial charge in [-0.2, -0.15) is 0 Å². The molecule has 20 heavy (non-hydrogen) atoms. The van der Waals surface area contributed by atoms with Gasteiger partial charge in [-0.15, -0.1) is 0 Å². The molecule has 0 amide bonds. The second kappa shape index (κ2) is 5.38. The number of fused-ring (bicyclic) bond motifs is 1. The Morgan fingerprint density at radius 3 is 2.90 bits per heavy atom. The molecule has 2 unspecified atom stereocenters. The second-order valence-electron chi connectivity index (χ2n) is 7.00. The van der Waals surface area contributed by atoms with E-state index in [1.807, 2.05) is 0 Å².